The lowest BCUT2D eigenvalue weighted by molar-refractivity contribution is -0.159. The molecule has 0 aromatic carbocycles. The molecule has 0 saturated heterocycles. The molecule has 0 fully saturated rings. The molecule has 0 aliphatic heterocycles. The minimum atomic E-state index is -1.50. The van der Waals surface area contributed by atoms with Crippen LogP contribution in [0.4, 0.5) is 0 Å². The molecule has 0 aromatic heterocycles. The van der Waals surface area contributed by atoms with Crippen molar-refractivity contribution in [2.45, 2.75) is 18.9 Å². The van der Waals surface area contributed by atoms with E-state index in [2.05, 4.69) is 10.1 Å². The van der Waals surface area contributed by atoms with Crippen molar-refractivity contribution in [3.8, 4) is 0 Å². The molecule has 5 nitrogen and oxygen atoms in total. The van der Waals surface area contributed by atoms with Crippen LogP contribution in [0.1, 0.15) is 13.3 Å². The first-order chi connectivity index (χ1) is 6.90. The topological polar surface area (TPSA) is 75.6 Å². The van der Waals surface area contributed by atoms with Crippen LogP contribution < -0.4 is 5.32 Å². The van der Waals surface area contributed by atoms with Crippen molar-refractivity contribution < 1.29 is 18.8 Å². The molecule has 0 aliphatic carbocycles. The Morgan fingerprint density at radius 1 is 1.60 bits per heavy atom. The molecule has 0 saturated carbocycles. The van der Waals surface area contributed by atoms with Crippen LogP contribution in [-0.2, 0) is 20.3 Å². The Hall–Kier alpha value is -0.460. The van der Waals surface area contributed by atoms with Gasteiger partial charge in [-0.25, -0.2) is 4.79 Å². The summed E-state index contributed by atoms with van der Waals surface area (Å²) in [5, 5.41) is 12.5. The Morgan fingerprint density at radius 2 is 2.20 bits per heavy atom. The molecule has 2 atom stereocenters. The number of ether oxygens (including phenoxy) is 1. The maximum Gasteiger partial charge on any atom is 0.338 e. The molecule has 0 aliphatic rings. The van der Waals surface area contributed by atoms with Crippen LogP contribution in [-0.4, -0.2) is 53.1 Å². The number of hydrogen-bond donors (Lipinski definition) is 2. The highest BCUT2D eigenvalue weighted by Crippen LogP contribution is 2.03. The summed E-state index contributed by atoms with van der Waals surface area (Å²) in [5.41, 5.74) is -1.50. The number of carbonyl (C=O) groups is 1. The number of rotatable bonds is 7. The zero-order valence-corrected chi connectivity index (χ0v) is 10.2. The Bertz CT molecular complexity index is 230. The number of carbonyl (C=O) groups excluding carboxylic acids is 1. The fourth-order valence-electron chi connectivity index (χ4n) is 1.02. The average molecular weight is 237 g/mol. The zero-order chi connectivity index (χ0) is 11.9. The van der Waals surface area contributed by atoms with Crippen molar-refractivity contribution in [2.24, 2.45) is 0 Å². The summed E-state index contributed by atoms with van der Waals surface area (Å²) < 4.78 is 15.2. The maximum absolute atomic E-state index is 11.0. The van der Waals surface area contributed by atoms with Gasteiger partial charge in [-0.05, 0) is 19.9 Å². The summed E-state index contributed by atoms with van der Waals surface area (Å²) in [5.74, 6) is -0.0399. The molecular weight excluding hydrogens is 218 g/mol. The Morgan fingerprint density at radius 3 is 2.67 bits per heavy atom. The van der Waals surface area contributed by atoms with E-state index in [0.29, 0.717) is 12.3 Å². The smallest absolute Gasteiger partial charge is 0.338 e. The Balaban J connectivity index is 3.66. The quantitative estimate of drug-likeness (QED) is 0.451. The minimum Gasteiger partial charge on any atom is -0.467 e. The molecule has 0 bridgehead atoms. The monoisotopic (exact) mass is 237 g/mol. The van der Waals surface area contributed by atoms with Crippen molar-refractivity contribution in [1.82, 2.24) is 5.32 Å². The lowest BCUT2D eigenvalue weighted by Crippen LogP contribution is -2.45. The van der Waals surface area contributed by atoms with Crippen LogP contribution in [0.15, 0.2) is 0 Å². The van der Waals surface area contributed by atoms with Crippen LogP contribution in [0.5, 0.6) is 0 Å². The number of hydrogen-bond acceptors (Lipinski definition) is 5. The fourth-order valence-corrected chi connectivity index (χ4v) is 1.58. The standard InChI is InChI=1S/C9H19NO4S/c1-9(12,8(11)14-2)7-10-5-4-6-15(3)13/h10,12H,4-7H2,1-3H3. The van der Waals surface area contributed by atoms with E-state index in [1.165, 1.54) is 14.0 Å². The largest absolute Gasteiger partial charge is 0.467 e. The van der Waals surface area contributed by atoms with Gasteiger partial charge in [0.2, 0.25) is 0 Å². The number of methoxy groups -OCH3 is 1. The molecule has 0 rings (SSSR count). The van der Waals surface area contributed by atoms with E-state index in [-0.39, 0.29) is 6.54 Å². The average Bonchev–Trinajstić information content (AvgIpc) is 2.15. The molecule has 0 heterocycles. The maximum atomic E-state index is 11.0. The zero-order valence-electron chi connectivity index (χ0n) is 9.41. The molecular formula is C9H19NO4S. The second-order valence-electron chi connectivity index (χ2n) is 3.57. The number of aliphatic hydroxyl groups is 1. The normalized spacial score (nSPS) is 16.8. The predicted octanol–water partition coefficient (Wildman–Crippen LogP) is -0.731. The van der Waals surface area contributed by atoms with Gasteiger partial charge in [0.1, 0.15) is 0 Å². The third kappa shape index (κ3) is 6.59. The van der Waals surface area contributed by atoms with E-state index in [0.717, 1.165) is 6.42 Å². The number of esters is 1. The van der Waals surface area contributed by atoms with Gasteiger partial charge in [0.05, 0.1) is 7.11 Å². The highest BCUT2D eigenvalue weighted by Gasteiger charge is 2.30. The van der Waals surface area contributed by atoms with Gasteiger partial charge in [-0.3, -0.25) is 4.21 Å². The van der Waals surface area contributed by atoms with Gasteiger partial charge in [0.25, 0.3) is 0 Å². The van der Waals surface area contributed by atoms with Gasteiger partial charge in [-0.1, -0.05) is 0 Å². The first kappa shape index (κ1) is 14.5. The lowest BCUT2D eigenvalue weighted by atomic mass is 10.1. The van der Waals surface area contributed by atoms with Crippen LogP contribution in [0.3, 0.4) is 0 Å². The summed E-state index contributed by atoms with van der Waals surface area (Å²) in [7, 11) is 0.438. The van der Waals surface area contributed by atoms with Gasteiger partial charge in [-0.2, -0.15) is 0 Å². The van der Waals surface area contributed by atoms with E-state index in [9.17, 15) is 14.1 Å². The summed E-state index contributed by atoms with van der Waals surface area (Å²) in [6.45, 7) is 2.15. The van der Waals surface area contributed by atoms with Crippen LogP contribution in [0, 0.1) is 0 Å². The van der Waals surface area contributed by atoms with Gasteiger partial charge < -0.3 is 15.2 Å². The van der Waals surface area contributed by atoms with Crippen molar-refractivity contribution >= 4 is 16.8 Å². The predicted molar refractivity (Wildman–Crippen MR) is 59.1 cm³/mol. The molecule has 2 unspecified atom stereocenters. The lowest BCUT2D eigenvalue weighted by Gasteiger charge is -2.20. The summed E-state index contributed by atoms with van der Waals surface area (Å²) in [4.78, 5) is 11.0. The fraction of sp³-hybridized carbons (Fsp3) is 0.889. The van der Waals surface area contributed by atoms with E-state index in [1.54, 1.807) is 6.26 Å². The van der Waals surface area contributed by atoms with E-state index >= 15 is 0 Å². The molecule has 2 N–H and O–H groups in total. The highest BCUT2D eigenvalue weighted by molar-refractivity contribution is 7.84. The molecule has 0 amide bonds. The van der Waals surface area contributed by atoms with E-state index in [1.807, 2.05) is 0 Å². The van der Waals surface area contributed by atoms with Gasteiger partial charge in [-0.15, -0.1) is 0 Å². The third-order valence-corrected chi connectivity index (χ3v) is 2.74. The van der Waals surface area contributed by atoms with Crippen molar-refractivity contribution in [1.29, 1.82) is 0 Å². The second-order valence-corrected chi connectivity index (χ2v) is 5.13. The summed E-state index contributed by atoms with van der Waals surface area (Å²) >= 11 is 0. The third-order valence-electron chi connectivity index (χ3n) is 1.88. The molecule has 0 aromatic rings. The minimum absolute atomic E-state index is 0.135. The van der Waals surface area contributed by atoms with E-state index < -0.39 is 22.4 Å². The molecule has 0 spiro atoms. The number of nitrogens with one attached hydrogen (secondary N) is 1. The molecule has 90 valence electrons. The van der Waals surface area contributed by atoms with Gasteiger partial charge in [0, 0.05) is 29.4 Å². The van der Waals surface area contributed by atoms with Crippen LogP contribution in [0.25, 0.3) is 0 Å². The molecule has 6 heteroatoms. The Labute approximate surface area is 92.7 Å². The van der Waals surface area contributed by atoms with Crippen molar-refractivity contribution in [3.05, 3.63) is 0 Å². The highest BCUT2D eigenvalue weighted by atomic mass is 32.2. The molecule has 0 radical (unpaired) electrons. The summed E-state index contributed by atoms with van der Waals surface area (Å²) in [6, 6.07) is 0. The first-order valence-corrected chi connectivity index (χ1v) is 6.44. The first-order valence-electron chi connectivity index (χ1n) is 4.71. The van der Waals surface area contributed by atoms with Gasteiger partial charge in [0.15, 0.2) is 5.60 Å². The van der Waals surface area contributed by atoms with Crippen LogP contribution in [0.2, 0.25) is 0 Å². The van der Waals surface area contributed by atoms with Crippen molar-refractivity contribution in [3.63, 3.8) is 0 Å². The van der Waals surface area contributed by atoms with Crippen molar-refractivity contribution in [2.75, 3.05) is 32.2 Å². The van der Waals surface area contributed by atoms with E-state index in [4.69, 9.17) is 0 Å². The summed E-state index contributed by atoms with van der Waals surface area (Å²) in [6.07, 6.45) is 2.39. The SMILES string of the molecule is COC(=O)C(C)(O)CNCCCS(C)=O. The molecule has 15 heavy (non-hydrogen) atoms. The Kier molecular flexibility index (Phi) is 6.71. The second kappa shape index (κ2) is 6.92. The van der Waals surface area contributed by atoms with Gasteiger partial charge >= 0.3 is 5.97 Å². The van der Waals surface area contributed by atoms with Crippen LogP contribution >= 0.6 is 0 Å².